The lowest BCUT2D eigenvalue weighted by atomic mass is 10.1. The molecule has 0 aliphatic carbocycles. The molecule has 1 atom stereocenters. The second kappa shape index (κ2) is 9.01. The van der Waals surface area contributed by atoms with E-state index in [1.165, 1.54) is 24.3 Å². The standard InChI is InChI=1S/C18H20F2N2O4S/c1-9-15(11(3)23)10(2)21-16(9)17(25)26-8-14(24)22-12-4-6-13(7-5-12)27-18(19)20/h4-7,11,18,21,23H,8H2,1-3H3,(H,22,24)/t11-/m1/s1. The van der Waals surface area contributed by atoms with Crippen LogP contribution in [0.3, 0.4) is 0 Å². The molecule has 146 valence electrons. The van der Waals surface area contributed by atoms with Crippen molar-refractivity contribution in [2.45, 2.75) is 37.5 Å². The Bertz CT molecular complexity index is 820. The predicted molar refractivity (Wildman–Crippen MR) is 98.1 cm³/mol. The van der Waals surface area contributed by atoms with Crippen LogP contribution in [0.4, 0.5) is 14.5 Å². The molecule has 1 aromatic heterocycles. The number of carbonyl (C=O) groups excluding carboxylic acids is 2. The fourth-order valence-electron chi connectivity index (χ4n) is 2.72. The molecule has 0 radical (unpaired) electrons. The molecule has 0 aliphatic heterocycles. The van der Waals surface area contributed by atoms with Gasteiger partial charge in [0.25, 0.3) is 11.7 Å². The van der Waals surface area contributed by atoms with Crippen LogP contribution in [0.5, 0.6) is 0 Å². The molecule has 1 heterocycles. The zero-order valence-electron chi connectivity index (χ0n) is 15.0. The molecule has 0 spiro atoms. The van der Waals surface area contributed by atoms with Gasteiger partial charge in [0.05, 0.1) is 6.10 Å². The van der Waals surface area contributed by atoms with Crippen LogP contribution >= 0.6 is 11.8 Å². The first-order valence-corrected chi connectivity index (χ1v) is 8.96. The van der Waals surface area contributed by atoms with E-state index < -0.39 is 30.3 Å². The van der Waals surface area contributed by atoms with Crippen LogP contribution < -0.4 is 5.32 Å². The Balaban J connectivity index is 1.92. The van der Waals surface area contributed by atoms with Crippen LogP contribution in [-0.2, 0) is 9.53 Å². The Kier molecular flexibility index (Phi) is 6.98. The summed E-state index contributed by atoms with van der Waals surface area (Å²) in [7, 11) is 0. The number of hydrogen-bond donors (Lipinski definition) is 3. The van der Waals surface area contributed by atoms with E-state index >= 15 is 0 Å². The molecule has 2 aromatic rings. The van der Waals surface area contributed by atoms with Gasteiger partial charge >= 0.3 is 5.97 Å². The molecule has 0 saturated heterocycles. The van der Waals surface area contributed by atoms with Gasteiger partial charge in [0.1, 0.15) is 5.69 Å². The summed E-state index contributed by atoms with van der Waals surface area (Å²) in [6, 6.07) is 5.89. The average Bonchev–Trinajstić information content (AvgIpc) is 2.88. The maximum absolute atomic E-state index is 12.3. The molecule has 27 heavy (non-hydrogen) atoms. The number of alkyl halides is 2. The summed E-state index contributed by atoms with van der Waals surface area (Å²) >= 11 is 0.408. The number of aliphatic hydroxyl groups is 1. The highest BCUT2D eigenvalue weighted by molar-refractivity contribution is 7.99. The van der Waals surface area contributed by atoms with Crippen molar-refractivity contribution in [2.75, 3.05) is 11.9 Å². The number of ether oxygens (including phenoxy) is 1. The number of esters is 1. The second-order valence-electron chi connectivity index (χ2n) is 5.87. The van der Waals surface area contributed by atoms with Crippen molar-refractivity contribution in [3.63, 3.8) is 0 Å². The van der Waals surface area contributed by atoms with Crippen molar-refractivity contribution >= 4 is 29.3 Å². The highest BCUT2D eigenvalue weighted by Gasteiger charge is 2.21. The number of aryl methyl sites for hydroxylation is 1. The number of anilines is 1. The van der Waals surface area contributed by atoms with Gasteiger partial charge in [0, 0.05) is 21.8 Å². The minimum atomic E-state index is -2.51. The lowest BCUT2D eigenvalue weighted by Gasteiger charge is -2.08. The summed E-state index contributed by atoms with van der Waals surface area (Å²) in [5.41, 5.74) is 2.43. The lowest BCUT2D eigenvalue weighted by molar-refractivity contribution is -0.119. The first-order valence-electron chi connectivity index (χ1n) is 8.08. The third kappa shape index (κ3) is 5.54. The molecule has 1 amide bonds. The Morgan fingerprint density at radius 3 is 2.41 bits per heavy atom. The summed E-state index contributed by atoms with van der Waals surface area (Å²) in [5.74, 6) is -3.78. The summed E-state index contributed by atoms with van der Waals surface area (Å²) in [6.07, 6.45) is -0.739. The monoisotopic (exact) mass is 398 g/mol. The minimum Gasteiger partial charge on any atom is -0.451 e. The van der Waals surface area contributed by atoms with E-state index in [4.69, 9.17) is 4.74 Å². The number of thioether (sulfide) groups is 1. The predicted octanol–water partition coefficient (Wildman–Crippen LogP) is 3.80. The topological polar surface area (TPSA) is 91.4 Å². The number of aromatic amines is 1. The van der Waals surface area contributed by atoms with Crippen LogP contribution in [0, 0.1) is 13.8 Å². The van der Waals surface area contributed by atoms with Crippen LogP contribution in [0.15, 0.2) is 29.2 Å². The number of carbonyl (C=O) groups is 2. The lowest BCUT2D eigenvalue weighted by Crippen LogP contribution is -2.21. The maximum atomic E-state index is 12.3. The normalized spacial score (nSPS) is 12.1. The van der Waals surface area contributed by atoms with Crippen molar-refractivity contribution < 1.29 is 28.2 Å². The largest absolute Gasteiger partial charge is 0.451 e. The van der Waals surface area contributed by atoms with Crippen molar-refractivity contribution in [2.24, 2.45) is 0 Å². The van der Waals surface area contributed by atoms with Crippen molar-refractivity contribution in [1.82, 2.24) is 4.98 Å². The third-order valence-electron chi connectivity index (χ3n) is 3.82. The van der Waals surface area contributed by atoms with Crippen LogP contribution in [0.1, 0.15) is 40.3 Å². The fraction of sp³-hybridized carbons (Fsp3) is 0.333. The zero-order chi connectivity index (χ0) is 20.1. The van der Waals surface area contributed by atoms with Crippen molar-refractivity contribution in [1.29, 1.82) is 0 Å². The number of benzene rings is 1. The summed E-state index contributed by atoms with van der Waals surface area (Å²) in [4.78, 5) is 27.3. The number of halogens is 2. The fourth-order valence-corrected chi connectivity index (χ4v) is 3.21. The smallest absolute Gasteiger partial charge is 0.355 e. The molecule has 3 N–H and O–H groups in total. The number of nitrogens with one attached hydrogen (secondary N) is 2. The van der Waals surface area contributed by atoms with Crippen LogP contribution in [-0.4, -0.2) is 34.3 Å². The van der Waals surface area contributed by atoms with Crippen LogP contribution in [0.2, 0.25) is 0 Å². The quantitative estimate of drug-likeness (QED) is 0.488. The molecular formula is C18H20F2N2O4S. The van der Waals surface area contributed by atoms with E-state index in [0.717, 1.165) is 0 Å². The SMILES string of the molecule is Cc1[nH]c(C(=O)OCC(=O)Nc2ccc(SC(F)F)cc2)c(C)c1[C@@H](C)O. The number of aliphatic hydroxyl groups excluding tert-OH is 1. The van der Waals surface area contributed by atoms with Gasteiger partial charge in [-0.2, -0.15) is 8.78 Å². The van der Waals surface area contributed by atoms with Gasteiger partial charge in [-0.15, -0.1) is 0 Å². The Labute approximate surface area is 159 Å². The van der Waals surface area contributed by atoms with Gasteiger partial charge < -0.3 is 20.1 Å². The zero-order valence-corrected chi connectivity index (χ0v) is 15.8. The van der Waals surface area contributed by atoms with Gasteiger partial charge in [-0.05, 0) is 50.6 Å². The molecule has 1 aromatic carbocycles. The number of aromatic nitrogens is 1. The van der Waals surface area contributed by atoms with Gasteiger partial charge in [-0.3, -0.25) is 4.79 Å². The van der Waals surface area contributed by atoms with Crippen LogP contribution in [0.25, 0.3) is 0 Å². The first kappa shape index (κ1) is 20.9. The molecule has 0 bridgehead atoms. The van der Waals surface area contributed by atoms with E-state index in [1.54, 1.807) is 20.8 Å². The van der Waals surface area contributed by atoms with Gasteiger partial charge in [0.15, 0.2) is 6.61 Å². The Morgan fingerprint density at radius 2 is 1.89 bits per heavy atom. The van der Waals surface area contributed by atoms with Crippen molar-refractivity contribution in [3.8, 4) is 0 Å². The van der Waals surface area contributed by atoms with E-state index in [-0.39, 0.29) is 5.69 Å². The summed E-state index contributed by atoms with van der Waals surface area (Å²) in [6.45, 7) is 4.50. The number of amides is 1. The van der Waals surface area contributed by atoms with Gasteiger partial charge in [-0.1, -0.05) is 11.8 Å². The first-order chi connectivity index (χ1) is 12.7. The molecule has 0 unspecified atom stereocenters. The maximum Gasteiger partial charge on any atom is 0.355 e. The molecule has 2 rings (SSSR count). The van der Waals surface area contributed by atoms with Gasteiger partial charge in [0.2, 0.25) is 0 Å². The van der Waals surface area contributed by atoms with E-state index in [0.29, 0.717) is 39.2 Å². The van der Waals surface area contributed by atoms with Crippen molar-refractivity contribution in [3.05, 3.63) is 46.8 Å². The molecule has 0 aliphatic rings. The van der Waals surface area contributed by atoms with E-state index in [1.807, 2.05) is 0 Å². The summed E-state index contributed by atoms with van der Waals surface area (Å²) < 4.78 is 29.5. The number of hydrogen-bond acceptors (Lipinski definition) is 5. The molecule has 6 nitrogen and oxygen atoms in total. The highest BCUT2D eigenvalue weighted by Crippen LogP contribution is 2.26. The van der Waals surface area contributed by atoms with E-state index in [2.05, 4.69) is 10.3 Å². The molecular weight excluding hydrogens is 378 g/mol. The molecule has 0 saturated carbocycles. The minimum absolute atomic E-state index is 0.185. The summed E-state index contributed by atoms with van der Waals surface area (Å²) in [5, 5.41) is 12.3. The molecule has 9 heteroatoms. The number of H-pyrrole nitrogens is 1. The highest BCUT2D eigenvalue weighted by atomic mass is 32.2. The Hall–Kier alpha value is -2.39. The molecule has 0 fully saturated rings. The van der Waals surface area contributed by atoms with E-state index in [9.17, 15) is 23.5 Å². The average molecular weight is 398 g/mol. The number of rotatable bonds is 7. The second-order valence-corrected chi connectivity index (χ2v) is 6.93. The Morgan fingerprint density at radius 1 is 1.26 bits per heavy atom. The third-order valence-corrected chi connectivity index (χ3v) is 4.54. The van der Waals surface area contributed by atoms with Gasteiger partial charge in [-0.25, -0.2) is 4.79 Å².